The molecule has 1 N–H and O–H groups in total. The van der Waals surface area contributed by atoms with Crippen molar-refractivity contribution in [3.63, 3.8) is 0 Å². The van der Waals surface area contributed by atoms with E-state index in [1.807, 2.05) is 25.1 Å². The number of anilines is 1. The van der Waals surface area contributed by atoms with E-state index in [0.29, 0.717) is 18.9 Å². The quantitative estimate of drug-likeness (QED) is 0.784. The maximum atomic E-state index is 10.9. The second-order valence-corrected chi connectivity index (χ2v) is 8.08. The molecular weight excluding hydrogens is 341 g/mol. The van der Waals surface area contributed by atoms with Gasteiger partial charge in [-0.05, 0) is 44.2 Å². The van der Waals surface area contributed by atoms with Gasteiger partial charge < -0.3 is 24.0 Å². The number of hydrogen-bond donors (Lipinski definition) is 1. The van der Waals surface area contributed by atoms with Gasteiger partial charge in [0.1, 0.15) is 31.0 Å². The topological polar surface area (TPSA) is 98.6 Å². The van der Waals surface area contributed by atoms with Crippen LogP contribution in [0.5, 0.6) is 5.75 Å². The summed E-state index contributed by atoms with van der Waals surface area (Å²) in [5.74, 6) is 1.96. The van der Waals surface area contributed by atoms with Gasteiger partial charge in [-0.15, -0.1) is 0 Å². The van der Waals surface area contributed by atoms with Crippen molar-refractivity contribution in [2.45, 2.75) is 26.2 Å². The van der Waals surface area contributed by atoms with Crippen molar-refractivity contribution >= 4 is 24.3 Å². The number of piperidine rings is 1. The Morgan fingerprint density at radius 1 is 1.36 bits per heavy atom. The molecule has 1 unspecified atom stereocenters. The molecule has 0 spiro atoms. The van der Waals surface area contributed by atoms with Crippen LogP contribution in [0.25, 0.3) is 10.9 Å². The Bertz CT molecular complexity index is 772. The number of benzene rings is 1. The largest absolute Gasteiger partial charge is 0.779 e. The number of nitrogens with zero attached hydrogens (tertiary/aromatic N) is 3. The Kier molecular flexibility index (Phi) is 5.57. The highest BCUT2D eigenvalue weighted by molar-refractivity contribution is 7.50. The standard InChI is InChI=1S/C17H24N3O4P/c1-2-24-15-5-3-4-14-16(15)18-12-19-17(14)20-9-6-13(7-10-20)8-11-25(21,22)23/h3-5,12-13H,2,6-11H2,1H3,(H2,21,22,23)/p-1. The Balaban J connectivity index is 1.73. The molecule has 0 aliphatic carbocycles. The van der Waals surface area contributed by atoms with Gasteiger partial charge in [0.05, 0.1) is 6.61 Å². The molecule has 7 nitrogen and oxygen atoms in total. The lowest BCUT2D eigenvalue weighted by Gasteiger charge is -2.34. The molecular formula is C17H23N3O4P-. The zero-order valence-corrected chi connectivity index (χ0v) is 15.2. The molecule has 136 valence electrons. The normalized spacial score (nSPS) is 18.3. The van der Waals surface area contributed by atoms with E-state index >= 15 is 0 Å². The molecule has 0 saturated carbocycles. The summed E-state index contributed by atoms with van der Waals surface area (Å²) in [6, 6.07) is 5.85. The Labute approximate surface area is 147 Å². The van der Waals surface area contributed by atoms with Crippen LogP contribution in [-0.2, 0) is 4.57 Å². The molecule has 1 fully saturated rings. The third-order valence-electron chi connectivity index (χ3n) is 4.64. The van der Waals surface area contributed by atoms with Crippen molar-refractivity contribution in [3.8, 4) is 5.75 Å². The monoisotopic (exact) mass is 364 g/mol. The number of ether oxygens (including phenoxy) is 1. The maximum absolute atomic E-state index is 10.9. The van der Waals surface area contributed by atoms with Gasteiger partial charge in [-0.2, -0.15) is 0 Å². The van der Waals surface area contributed by atoms with Crippen LogP contribution in [0, 0.1) is 5.92 Å². The maximum Gasteiger partial charge on any atom is 0.145 e. The smallest absolute Gasteiger partial charge is 0.145 e. The van der Waals surface area contributed by atoms with E-state index < -0.39 is 7.60 Å². The third kappa shape index (κ3) is 4.48. The highest BCUT2D eigenvalue weighted by Crippen LogP contribution is 2.35. The van der Waals surface area contributed by atoms with Crippen LogP contribution in [0.4, 0.5) is 5.82 Å². The van der Waals surface area contributed by atoms with Crippen LogP contribution >= 0.6 is 7.60 Å². The highest BCUT2D eigenvalue weighted by Gasteiger charge is 2.23. The average molecular weight is 364 g/mol. The third-order valence-corrected chi connectivity index (χ3v) is 5.46. The zero-order chi connectivity index (χ0) is 17.9. The van der Waals surface area contributed by atoms with Gasteiger partial charge in [-0.1, -0.05) is 6.07 Å². The van der Waals surface area contributed by atoms with Gasteiger partial charge in [0.25, 0.3) is 0 Å². The van der Waals surface area contributed by atoms with Crippen LogP contribution in [0.15, 0.2) is 24.5 Å². The summed E-state index contributed by atoms with van der Waals surface area (Å²) < 4.78 is 16.6. The minimum atomic E-state index is -4.15. The molecule has 1 aromatic heterocycles. The van der Waals surface area contributed by atoms with Crippen molar-refractivity contribution < 1.29 is 19.1 Å². The average Bonchev–Trinajstić information content (AvgIpc) is 2.60. The number of hydrogen-bond acceptors (Lipinski definition) is 6. The summed E-state index contributed by atoms with van der Waals surface area (Å²) in [7, 11) is -4.15. The molecule has 1 atom stereocenters. The molecule has 1 aromatic carbocycles. The zero-order valence-electron chi connectivity index (χ0n) is 14.3. The van der Waals surface area contributed by atoms with E-state index in [-0.39, 0.29) is 6.16 Å². The molecule has 2 heterocycles. The van der Waals surface area contributed by atoms with E-state index in [0.717, 1.165) is 48.4 Å². The van der Waals surface area contributed by atoms with Crippen molar-refractivity contribution in [2.24, 2.45) is 5.92 Å². The second-order valence-electron chi connectivity index (χ2n) is 6.36. The van der Waals surface area contributed by atoms with E-state index in [4.69, 9.17) is 9.63 Å². The fraction of sp³-hybridized carbons (Fsp3) is 0.529. The molecule has 1 aliphatic heterocycles. The first-order valence-corrected chi connectivity index (χ1v) is 10.4. The van der Waals surface area contributed by atoms with Gasteiger partial charge in [-0.3, -0.25) is 0 Å². The number of fused-ring (bicyclic) bond motifs is 1. The van der Waals surface area contributed by atoms with E-state index in [1.54, 1.807) is 6.33 Å². The summed E-state index contributed by atoms with van der Waals surface area (Å²) in [5, 5.41) is 0.964. The molecule has 1 saturated heterocycles. The van der Waals surface area contributed by atoms with Crippen LogP contribution in [0.3, 0.4) is 0 Å². The molecule has 1 aliphatic rings. The molecule has 8 heteroatoms. The minimum Gasteiger partial charge on any atom is -0.779 e. The fourth-order valence-electron chi connectivity index (χ4n) is 3.35. The summed E-state index contributed by atoms with van der Waals surface area (Å²) in [5.41, 5.74) is 0.809. The number of rotatable bonds is 6. The Morgan fingerprint density at radius 2 is 2.12 bits per heavy atom. The predicted molar refractivity (Wildman–Crippen MR) is 95.0 cm³/mol. The summed E-state index contributed by atoms with van der Waals surface area (Å²) in [4.78, 5) is 30.9. The molecule has 0 amide bonds. The minimum absolute atomic E-state index is 0.133. The lowest BCUT2D eigenvalue weighted by Crippen LogP contribution is -2.34. The van der Waals surface area contributed by atoms with E-state index in [2.05, 4.69) is 14.9 Å². The van der Waals surface area contributed by atoms with Gasteiger partial charge in [0.2, 0.25) is 0 Å². The van der Waals surface area contributed by atoms with Gasteiger partial charge >= 0.3 is 0 Å². The summed E-state index contributed by atoms with van der Waals surface area (Å²) in [6.45, 7) is 4.14. The first kappa shape index (κ1) is 18.1. The number of aromatic nitrogens is 2. The van der Waals surface area contributed by atoms with Crippen LogP contribution < -0.4 is 14.5 Å². The van der Waals surface area contributed by atoms with Gasteiger partial charge in [-0.25, -0.2) is 9.97 Å². The van der Waals surface area contributed by atoms with Crippen molar-refractivity contribution in [2.75, 3.05) is 30.8 Å². The van der Waals surface area contributed by atoms with E-state index in [9.17, 15) is 9.46 Å². The van der Waals surface area contributed by atoms with Crippen molar-refractivity contribution in [1.29, 1.82) is 0 Å². The molecule has 3 rings (SSSR count). The van der Waals surface area contributed by atoms with Crippen LogP contribution in [-0.4, -0.2) is 40.7 Å². The fourth-order valence-corrected chi connectivity index (χ4v) is 4.04. The summed E-state index contributed by atoms with van der Waals surface area (Å²) >= 11 is 0. The lowest BCUT2D eigenvalue weighted by atomic mass is 9.94. The predicted octanol–water partition coefficient (Wildman–Crippen LogP) is 2.18. The summed E-state index contributed by atoms with van der Waals surface area (Å²) in [6.07, 6.45) is 3.72. The van der Waals surface area contributed by atoms with Crippen molar-refractivity contribution in [3.05, 3.63) is 24.5 Å². The van der Waals surface area contributed by atoms with Crippen LogP contribution in [0.1, 0.15) is 26.2 Å². The lowest BCUT2D eigenvalue weighted by molar-refractivity contribution is -0.193. The molecule has 0 radical (unpaired) electrons. The highest BCUT2D eigenvalue weighted by atomic mass is 31.2. The first-order chi connectivity index (χ1) is 12.0. The molecule has 0 bridgehead atoms. The molecule has 25 heavy (non-hydrogen) atoms. The van der Waals surface area contributed by atoms with E-state index in [1.165, 1.54) is 0 Å². The molecule has 2 aromatic rings. The van der Waals surface area contributed by atoms with Gasteiger partial charge in [0, 0.05) is 24.6 Å². The SMILES string of the molecule is CCOc1cccc2c(N3CCC(CCP(=O)([O-])O)CC3)ncnc12. The van der Waals surface area contributed by atoms with Crippen LogP contribution in [0.2, 0.25) is 0 Å². The van der Waals surface area contributed by atoms with Crippen molar-refractivity contribution in [1.82, 2.24) is 9.97 Å². The first-order valence-electron chi connectivity index (χ1n) is 8.62. The van der Waals surface area contributed by atoms with Gasteiger partial charge in [0.15, 0.2) is 0 Å². The second kappa shape index (κ2) is 7.68. The number of para-hydroxylation sites is 1. The Hall–Kier alpha value is -1.69. The Morgan fingerprint density at radius 3 is 2.80 bits per heavy atom.